The van der Waals surface area contributed by atoms with Crippen LogP contribution < -0.4 is 10.6 Å². The molecule has 3 N–H and O–H groups in total. The van der Waals surface area contributed by atoms with E-state index in [1.807, 2.05) is 18.3 Å². The summed E-state index contributed by atoms with van der Waals surface area (Å²) in [5.74, 6) is 0.545. The summed E-state index contributed by atoms with van der Waals surface area (Å²) in [4.78, 5) is 10.1. The molecule has 1 saturated heterocycles. The molecule has 0 spiro atoms. The molecule has 1 aromatic carbocycles. The molecule has 0 unspecified atom stereocenters. The Bertz CT molecular complexity index is 842. The lowest BCUT2D eigenvalue weighted by Crippen LogP contribution is -2.43. The molecule has 1 aliphatic heterocycles. The second-order valence-corrected chi connectivity index (χ2v) is 6.00. The number of nitrogens with one attached hydrogen (secondary N) is 1. The van der Waals surface area contributed by atoms with Gasteiger partial charge in [-0.3, -0.25) is 0 Å². The normalized spacial score (nSPS) is 18.5. The van der Waals surface area contributed by atoms with E-state index in [0.29, 0.717) is 11.9 Å². The fraction of sp³-hybridized carbons (Fsp3) is 0.278. The van der Waals surface area contributed by atoms with Crippen molar-refractivity contribution in [2.45, 2.75) is 13.0 Å². The highest BCUT2D eigenvalue weighted by Crippen LogP contribution is 2.31. The van der Waals surface area contributed by atoms with Crippen LogP contribution in [-0.2, 0) is 4.74 Å². The van der Waals surface area contributed by atoms with Gasteiger partial charge in [0.25, 0.3) is 0 Å². The van der Waals surface area contributed by atoms with Crippen molar-refractivity contribution in [2.75, 3.05) is 30.4 Å². The maximum absolute atomic E-state index is 6.09. The van der Waals surface area contributed by atoms with Gasteiger partial charge in [-0.1, -0.05) is 12.1 Å². The number of nitrogens with zero attached hydrogens (tertiary/aromatic N) is 2. The summed E-state index contributed by atoms with van der Waals surface area (Å²) in [6.45, 7) is 4.53. The lowest BCUT2D eigenvalue weighted by Gasteiger charge is -2.35. The van der Waals surface area contributed by atoms with Gasteiger partial charge in [0.05, 0.1) is 18.9 Å². The molecule has 0 radical (unpaired) electrons. The Kier molecular flexibility index (Phi) is 3.42. The van der Waals surface area contributed by atoms with E-state index in [-0.39, 0.29) is 0 Å². The number of fused-ring (bicyclic) bond motifs is 1. The number of nitrogens with two attached hydrogens (primary N) is 1. The predicted molar refractivity (Wildman–Crippen MR) is 93.6 cm³/mol. The molecule has 1 aliphatic rings. The molecule has 23 heavy (non-hydrogen) atoms. The summed E-state index contributed by atoms with van der Waals surface area (Å²) in [6.07, 6.45) is 1.95. The van der Waals surface area contributed by atoms with Crippen molar-refractivity contribution >= 4 is 22.4 Å². The van der Waals surface area contributed by atoms with Crippen LogP contribution in [0.25, 0.3) is 22.2 Å². The van der Waals surface area contributed by atoms with Gasteiger partial charge in [0.1, 0.15) is 5.82 Å². The molecular weight excluding hydrogens is 288 g/mol. The Morgan fingerprint density at radius 3 is 3.09 bits per heavy atom. The first kappa shape index (κ1) is 14.1. The van der Waals surface area contributed by atoms with Crippen LogP contribution in [0.2, 0.25) is 0 Å². The summed E-state index contributed by atoms with van der Waals surface area (Å²) < 4.78 is 5.53. The number of rotatable bonds is 2. The zero-order valence-corrected chi connectivity index (χ0v) is 13.1. The van der Waals surface area contributed by atoms with Crippen LogP contribution in [0, 0.1) is 0 Å². The van der Waals surface area contributed by atoms with Gasteiger partial charge in [-0.2, -0.15) is 0 Å². The van der Waals surface area contributed by atoms with Crippen molar-refractivity contribution in [1.82, 2.24) is 9.97 Å². The van der Waals surface area contributed by atoms with Gasteiger partial charge < -0.3 is 20.4 Å². The number of ether oxygens (including phenoxy) is 1. The molecule has 1 atom stereocenters. The second-order valence-electron chi connectivity index (χ2n) is 6.00. The highest BCUT2D eigenvalue weighted by atomic mass is 16.5. The van der Waals surface area contributed by atoms with Crippen molar-refractivity contribution in [3.8, 4) is 11.3 Å². The first-order valence-electron chi connectivity index (χ1n) is 7.91. The molecular formula is C18H20N4O. The van der Waals surface area contributed by atoms with Crippen LogP contribution >= 0.6 is 0 Å². The molecule has 1 fully saturated rings. The van der Waals surface area contributed by atoms with Gasteiger partial charge in [0.15, 0.2) is 0 Å². The van der Waals surface area contributed by atoms with E-state index < -0.39 is 0 Å². The number of aromatic nitrogens is 2. The van der Waals surface area contributed by atoms with Crippen LogP contribution in [0.5, 0.6) is 0 Å². The third-order valence-electron chi connectivity index (χ3n) is 4.40. The molecule has 2 aromatic heterocycles. The highest BCUT2D eigenvalue weighted by molar-refractivity contribution is 5.94. The van der Waals surface area contributed by atoms with E-state index >= 15 is 0 Å². The Morgan fingerprint density at radius 1 is 1.30 bits per heavy atom. The molecule has 3 heterocycles. The average Bonchev–Trinajstić information content (AvgIpc) is 3.03. The molecule has 5 nitrogen and oxygen atoms in total. The summed E-state index contributed by atoms with van der Waals surface area (Å²) in [6, 6.07) is 12.7. The van der Waals surface area contributed by atoms with E-state index in [4.69, 9.17) is 10.5 Å². The number of benzene rings is 1. The molecule has 0 aliphatic carbocycles. The SMILES string of the molecule is C[C@@H]1COCCN1c1cc(N)nc(-c2cccc3[nH]ccc23)c1. The Balaban J connectivity index is 1.82. The Morgan fingerprint density at radius 2 is 2.22 bits per heavy atom. The number of hydrogen-bond acceptors (Lipinski definition) is 4. The number of pyridine rings is 1. The standard InChI is InChI=1S/C18H20N4O/c1-12-11-23-8-7-22(12)13-9-17(21-18(19)10-13)14-3-2-4-16-15(14)5-6-20-16/h2-6,9-10,12,20H,7-8,11H2,1H3,(H2,19,21)/t12-/m1/s1. The van der Waals surface area contributed by atoms with E-state index in [1.54, 1.807) is 0 Å². The van der Waals surface area contributed by atoms with Crippen LogP contribution in [-0.4, -0.2) is 35.8 Å². The van der Waals surface area contributed by atoms with E-state index in [2.05, 4.69) is 46.1 Å². The minimum absolute atomic E-state index is 0.335. The summed E-state index contributed by atoms with van der Waals surface area (Å²) >= 11 is 0. The molecule has 118 valence electrons. The minimum Gasteiger partial charge on any atom is -0.384 e. The second kappa shape index (κ2) is 5.59. The lowest BCUT2D eigenvalue weighted by molar-refractivity contribution is 0.0989. The van der Waals surface area contributed by atoms with Crippen LogP contribution in [0.1, 0.15) is 6.92 Å². The van der Waals surface area contributed by atoms with Gasteiger partial charge in [0.2, 0.25) is 0 Å². The van der Waals surface area contributed by atoms with E-state index in [9.17, 15) is 0 Å². The van der Waals surface area contributed by atoms with Crippen molar-refractivity contribution in [3.63, 3.8) is 0 Å². The minimum atomic E-state index is 0.335. The number of aromatic amines is 1. The third kappa shape index (κ3) is 2.53. The highest BCUT2D eigenvalue weighted by Gasteiger charge is 2.20. The van der Waals surface area contributed by atoms with Gasteiger partial charge in [-0.15, -0.1) is 0 Å². The van der Waals surface area contributed by atoms with Crippen LogP contribution in [0.15, 0.2) is 42.6 Å². The Labute approximate surface area is 135 Å². The molecule has 0 saturated carbocycles. The van der Waals surface area contributed by atoms with Crippen molar-refractivity contribution in [3.05, 3.63) is 42.6 Å². The van der Waals surface area contributed by atoms with Gasteiger partial charge in [-0.25, -0.2) is 4.98 Å². The first-order chi connectivity index (χ1) is 11.2. The number of morpholine rings is 1. The quantitative estimate of drug-likeness (QED) is 0.763. The van der Waals surface area contributed by atoms with Gasteiger partial charge in [-0.05, 0) is 25.1 Å². The molecule has 0 amide bonds. The fourth-order valence-electron chi connectivity index (χ4n) is 3.26. The van der Waals surface area contributed by atoms with Crippen molar-refractivity contribution < 1.29 is 4.74 Å². The number of nitrogen functional groups attached to an aromatic ring is 1. The first-order valence-corrected chi connectivity index (χ1v) is 7.91. The summed E-state index contributed by atoms with van der Waals surface area (Å²) in [7, 11) is 0. The summed E-state index contributed by atoms with van der Waals surface area (Å²) in [5.41, 5.74) is 10.3. The predicted octanol–water partition coefficient (Wildman–Crippen LogP) is 3.04. The maximum atomic E-state index is 6.09. The summed E-state index contributed by atoms with van der Waals surface area (Å²) in [5, 5.41) is 1.16. The monoisotopic (exact) mass is 308 g/mol. The number of anilines is 2. The van der Waals surface area contributed by atoms with Crippen LogP contribution in [0.4, 0.5) is 11.5 Å². The van der Waals surface area contributed by atoms with Gasteiger partial charge >= 0.3 is 0 Å². The van der Waals surface area contributed by atoms with Crippen LogP contribution in [0.3, 0.4) is 0 Å². The molecule has 5 heteroatoms. The van der Waals surface area contributed by atoms with E-state index in [1.165, 1.54) is 0 Å². The molecule has 0 bridgehead atoms. The Hall–Kier alpha value is -2.53. The number of hydrogen-bond donors (Lipinski definition) is 2. The van der Waals surface area contributed by atoms with Crippen molar-refractivity contribution in [2.24, 2.45) is 0 Å². The topological polar surface area (TPSA) is 67.2 Å². The zero-order valence-electron chi connectivity index (χ0n) is 13.1. The molecule has 3 aromatic rings. The number of H-pyrrole nitrogens is 1. The van der Waals surface area contributed by atoms with Gasteiger partial charge in [0, 0.05) is 47.0 Å². The van der Waals surface area contributed by atoms with E-state index in [0.717, 1.165) is 47.6 Å². The lowest BCUT2D eigenvalue weighted by atomic mass is 10.1. The average molecular weight is 308 g/mol. The zero-order chi connectivity index (χ0) is 15.8. The maximum Gasteiger partial charge on any atom is 0.126 e. The smallest absolute Gasteiger partial charge is 0.126 e. The van der Waals surface area contributed by atoms with Crippen molar-refractivity contribution in [1.29, 1.82) is 0 Å². The molecule has 4 rings (SSSR count). The largest absolute Gasteiger partial charge is 0.384 e. The third-order valence-corrected chi connectivity index (χ3v) is 4.40. The fourth-order valence-corrected chi connectivity index (χ4v) is 3.26.